The van der Waals surface area contributed by atoms with Gasteiger partial charge >= 0.3 is 0 Å². The maximum absolute atomic E-state index is 13.6. The molecule has 0 bridgehead atoms. The Morgan fingerprint density at radius 1 is 1.45 bits per heavy atom. The molecule has 6 heteroatoms. The Morgan fingerprint density at radius 3 is 3.15 bits per heavy atom. The van der Waals surface area contributed by atoms with Gasteiger partial charge in [0.05, 0.1) is 0 Å². The number of halogens is 1. The molecule has 1 fully saturated rings. The first-order valence-electron chi connectivity index (χ1n) is 6.62. The van der Waals surface area contributed by atoms with Crippen molar-refractivity contribution in [1.82, 2.24) is 5.32 Å². The number of hydrogen-bond acceptors (Lipinski definition) is 2. The average molecular weight is 289 g/mol. The highest BCUT2D eigenvalue weighted by Crippen LogP contribution is 2.47. The summed E-state index contributed by atoms with van der Waals surface area (Å²) >= 11 is 5.18. The first-order valence-corrected chi connectivity index (χ1v) is 7.03. The molecule has 0 aromatic heterocycles. The SMILES string of the molecule is O=C1Nc2ccc(F)cc2C12NC(=S)N=C1CCCC12. The number of thiocarbonyl (C=S) groups is 1. The second-order valence-corrected chi connectivity index (χ2v) is 5.82. The van der Waals surface area contributed by atoms with Gasteiger partial charge in [-0.3, -0.25) is 4.79 Å². The molecule has 3 aliphatic rings. The lowest BCUT2D eigenvalue weighted by molar-refractivity contribution is -0.122. The summed E-state index contributed by atoms with van der Waals surface area (Å²) in [5.41, 5.74) is 1.27. The van der Waals surface area contributed by atoms with E-state index in [2.05, 4.69) is 15.6 Å². The van der Waals surface area contributed by atoms with Crippen molar-refractivity contribution in [2.45, 2.75) is 24.8 Å². The number of anilines is 1. The summed E-state index contributed by atoms with van der Waals surface area (Å²) in [6, 6.07) is 4.37. The fourth-order valence-electron chi connectivity index (χ4n) is 3.61. The molecule has 0 saturated heterocycles. The third-order valence-corrected chi connectivity index (χ3v) is 4.61. The molecular formula is C14H12FN3OS. The summed E-state index contributed by atoms with van der Waals surface area (Å²) in [5.74, 6) is -0.564. The van der Waals surface area contributed by atoms with Crippen LogP contribution in [-0.2, 0) is 10.3 Å². The Balaban J connectivity index is 1.97. The van der Waals surface area contributed by atoms with Gasteiger partial charge in [0.15, 0.2) is 10.7 Å². The minimum Gasteiger partial charge on any atom is -0.342 e. The minimum atomic E-state index is -0.984. The summed E-state index contributed by atoms with van der Waals surface area (Å²) in [6.45, 7) is 0. The number of fused-ring (bicyclic) bond motifs is 4. The van der Waals surface area contributed by atoms with Crippen molar-refractivity contribution < 1.29 is 9.18 Å². The predicted octanol–water partition coefficient (Wildman–Crippen LogP) is 2.10. The van der Waals surface area contributed by atoms with Crippen LogP contribution in [0, 0.1) is 11.7 Å². The lowest BCUT2D eigenvalue weighted by atomic mass is 9.76. The van der Waals surface area contributed by atoms with Gasteiger partial charge in [-0.2, -0.15) is 0 Å². The molecule has 1 aromatic rings. The van der Waals surface area contributed by atoms with Crippen molar-refractivity contribution in [1.29, 1.82) is 0 Å². The van der Waals surface area contributed by atoms with E-state index in [4.69, 9.17) is 12.2 Å². The predicted molar refractivity (Wildman–Crippen MR) is 77.2 cm³/mol. The standard InChI is InChI=1S/C14H12FN3OS/c15-7-4-5-11-9(6-7)14(12(19)16-11)8-2-1-3-10(8)17-13(20)18-14/h4-6,8H,1-3H2,(H,16,19)(H,18,20). The molecule has 2 aliphatic heterocycles. The number of aliphatic imine (C=N–C) groups is 1. The number of carbonyl (C=O) groups is 1. The van der Waals surface area contributed by atoms with E-state index in [1.54, 1.807) is 6.07 Å². The number of rotatable bonds is 0. The molecule has 1 amide bonds. The molecule has 20 heavy (non-hydrogen) atoms. The highest BCUT2D eigenvalue weighted by molar-refractivity contribution is 7.80. The Kier molecular flexibility index (Phi) is 2.30. The fourth-order valence-corrected chi connectivity index (χ4v) is 3.89. The summed E-state index contributed by atoms with van der Waals surface area (Å²) in [5, 5.41) is 6.21. The number of carbonyl (C=O) groups excluding carboxylic acids is 1. The number of nitrogens with zero attached hydrogens (tertiary/aromatic N) is 1. The largest absolute Gasteiger partial charge is 0.342 e. The third-order valence-electron chi connectivity index (χ3n) is 4.41. The third kappa shape index (κ3) is 1.37. The number of benzene rings is 1. The van der Waals surface area contributed by atoms with Gasteiger partial charge in [0.1, 0.15) is 5.82 Å². The van der Waals surface area contributed by atoms with E-state index in [1.165, 1.54) is 12.1 Å². The van der Waals surface area contributed by atoms with E-state index >= 15 is 0 Å². The zero-order valence-electron chi connectivity index (χ0n) is 10.6. The molecule has 1 aliphatic carbocycles. The summed E-state index contributed by atoms with van der Waals surface area (Å²) < 4.78 is 13.6. The monoisotopic (exact) mass is 289 g/mol. The van der Waals surface area contributed by atoms with Gasteiger partial charge in [-0.25, -0.2) is 9.38 Å². The number of amides is 1. The van der Waals surface area contributed by atoms with Crippen molar-refractivity contribution >= 4 is 34.6 Å². The van der Waals surface area contributed by atoms with Crippen LogP contribution in [0.25, 0.3) is 0 Å². The molecule has 2 atom stereocenters. The van der Waals surface area contributed by atoms with Crippen LogP contribution in [0.3, 0.4) is 0 Å². The van der Waals surface area contributed by atoms with Gasteiger partial charge in [-0.15, -0.1) is 0 Å². The van der Waals surface area contributed by atoms with Crippen molar-refractivity contribution in [3.63, 3.8) is 0 Å². The molecule has 1 aromatic carbocycles. The van der Waals surface area contributed by atoms with Gasteiger partial charge in [0, 0.05) is 22.9 Å². The van der Waals surface area contributed by atoms with Crippen LogP contribution in [-0.4, -0.2) is 16.7 Å². The van der Waals surface area contributed by atoms with E-state index in [9.17, 15) is 9.18 Å². The van der Waals surface area contributed by atoms with Crippen LogP contribution < -0.4 is 10.6 Å². The van der Waals surface area contributed by atoms with E-state index in [0.717, 1.165) is 25.0 Å². The van der Waals surface area contributed by atoms with Gasteiger partial charge in [-0.05, 0) is 49.7 Å². The fraction of sp³-hybridized carbons (Fsp3) is 0.357. The summed E-state index contributed by atoms with van der Waals surface area (Å²) in [6.07, 6.45) is 2.69. The Morgan fingerprint density at radius 2 is 2.30 bits per heavy atom. The molecule has 1 spiro atoms. The molecule has 2 N–H and O–H groups in total. The van der Waals surface area contributed by atoms with Crippen molar-refractivity contribution in [3.8, 4) is 0 Å². The van der Waals surface area contributed by atoms with Crippen LogP contribution in [0.4, 0.5) is 10.1 Å². The van der Waals surface area contributed by atoms with Crippen LogP contribution in [0.15, 0.2) is 23.2 Å². The van der Waals surface area contributed by atoms with Crippen LogP contribution >= 0.6 is 12.2 Å². The summed E-state index contributed by atoms with van der Waals surface area (Å²) in [7, 11) is 0. The molecule has 102 valence electrons. The number of nitrogens with one attached hydrogen (secondary N) is 2. The van der Waals surface area contributed by atoms with Crippen molar-refractivity contribution in [3.05, 3.63) is 29.6 Å². The lowest BCUT2D eigenvalue weighted by Gasteiger charge is -2.38. The van der Waals surface area contributed by atoms with E-state index in [0.29, 0.717) is 16.4 Å². The zero-order valence-corrected chi connectivity index (χ0v) is 11.4. The highest BCUT2D eigenvalue weighted by atomic mass is 32.1. The van der Waals surface area contributed by atoms with E-state index in [-0.39, 0.29) is 17.6 Å². The highest BCUT2D eigenvalue weighted by Gasteiger charge is 2.57. The first kappa shape index (κ1) is 12.0. The Labute approximate surface area is 120 Å². The normalized spacial score (nSPS) is 30.6. The Bertz CT molecular complexity index is 687. The zero-order chi connectivity index (χ0) is 13.9. The molecule has 2 unspecified atom stereocenters. The quantitative estimate of drug-likeness (QED) is 0.719. The first-order chi connectivity index (χ1) is 9.61. The van der Waals surface area contributed by atoms with E-state index < -0.39 is 5.54 Å². The van der Waals surface area contributed by atoms with Gasteiger partial charge in [0.2, 0.25) is 0 Å². The number of hydrogen-bond donors (Lipinski definition) is 2. The van der Waals surface area contributed by atoms with Gasteiger partial charge in [-0.1, -0.05) is 0 Å². The molecule has 1 saturated carbocycles. The van der Waals surface area contributed by atoms with E-state index in [1.807, 2.05) is 0 Å². The molecular weight excluding hydrogens is 277 g/mol. The molecule has 0 radical (unpaired) electrons. The maximum atomic E-state index is 13.6. The van der Waals surface area contributed by atoms with Crippen molar-refractivity contribution in [2.75, 3.05) is 5.32 Å². The van der Waals surface area contributed by atoms with Crippen molar-refractivity contribution in [2.24, 2.45) is 10.9 Å². The maximum Gasteiger partial charge on any atom is 0.255 e. The minimum absolute atomic E-state index is 0.0442. The van der Waals surface area contributed by atoms with Crippen LogP contribution in [0.5, 0.6) is 0 Å². The lowest BCUT2D eigenvalue weighted by Crippen LogP contribution is -2.58. The topological polar surface area (TPSA) is 53.5 Å². The Hall–Kier alpha value is -1.82. The van der Waals surface area contributed by atoms with Gasteiger partial charge < -0.3 is 10.6 Å². The van der Waals surface area contributed by atoms with Gasteiger partial charge in [0.25, 0.3) is 5.91 Å². The second kappa shape index (κ2) is 3.85. The molecule has 4 nitrogen and oxygen atoms in total. The average Bonchev–Trinajstić information content (AvgIpc) is 2.96. The second-order valence-electron chi connectivity index (χ2n) is 5.43. The summed E-state index contributed by atoms with van der Waals surface area (Å²) in [4.78, 5) is 17.0. The van der Waals surface area contributed by atoms with Crippen LogP contribution in [0.2, 0.25) is 0 Å². The smallest absolute Gasteiger partial charge is 0.255 e. The molecule has 4 rings (SSSR count). The van der Waals surface area contributed by atoms with Crippen LogP contribution in [0.1, 0.15) is 24.8 Å². The molecule has 2 heterocycles.